The molecular weight excluding hydrogens is 148 g/mol. The van der Waals surface area contributed by atoms with Crippen LogP contribution >= 0.6 is 0 Å². The summed E-state index contributed by atoms with van der Waals surface area (Å²) in [6, 6.07) is 0. The third kappa shape index (κ3) is 1.11. The molecule has 1 aliphatic rings. The van der Waals surface area contributed by atoms with Gasteiger partial charge in [0.1, 0.15) is 6.33 Å². The summed E-state index contributed by atoms with van der Waals surface area (Å²) in [5.74, 6) is 0. The number of aryl methyl sites for hydroxylation is 1. The van der Waals surface area contributed by atoms with E-state index in [0.29, 0.717) is 0 Å². The van der Waals surface area contributed by atoms with Crippen molar-refractivity contribution in [2.45, 2.75) is 38.5 Å². The lowest BCUT2D eigenvalue weighted by molar-refractivity contribution is 0.416. The number of aromatic nitrogens is 2. The van der Waals surface area contributed by atoms with Gasteiger partial charge in [-0.3, -0.25) is 0 Å². The molecule has 1 aromatic heterocycles. The number of nitrogens with zero attached hydrogens (tertiary/aromatic N) is 2. The molecule has 0 spiro atoms. The minimum Gasteiger partial charge on any atom is -0.245 e. The van der Waals surface area contributed by atoms with Crippen LogP contribution in [-0.4, -0.2) is 9.97 Å². The number of fused-ring (bicyclic) bond motifs is 1. The zero-order valence-corrected chi connectivity index (χ0v) is 7.67. The standard InChI is InChI=1S/C10H14N2/c1-10(2)5-3-4-8-6-11-7-12-9(8)10/h6-7H,3-5H2,1-2H3. The smallest absolute Gasteiger partial charge is 0.115 e. The van der Waals surface area contributed by atoms with E-state index in [0.717, 1.165) is 6.42 Å². The summed E-state index contributed by atoms with van der Waals surface area (Å²) < 4.78 is 0. The summed E-state index contributed by atoms with van der Waals surface area (Å²) in [5.41, 5.74) is 2.86. The molecule has 0 bridgehead atoms. The lowest BCUT2D eigenvalue weighted by atomic mass is 9.76. The van der Waals surface area contributed by atoms with Crippen molar-refractivity contribution in [1.82, 2.24) is 9.97 Å². The van der Waals surface area contributed by atoms with Crippen molar-refractivity contribution in [3.8, 4) is 0 Å². The highest BCUT2D eigenvalue weighted by Crippen LogP contribution is 2.34. The zero-order valence-electron chi connectivity index (χ0n) is 7.67. The van der Waals surface area contributed by atoms with Gasteiger partial charge in [0, 0.05) is 11.6 Å². The summed E-state index contributed by atoms with van der Waals surface area (Å²) in [5, 5.41) is 0. The first-order valence-electron chi connectivity index (χ1n) is 4.49. The van der Waals surface area contributed by atoms with Gasteiger partial charge in [-0.05, 0) is 24.8 Å². The van der Waals surface area contributed by atoms with Crippen LogP contribution in [0.1, 0.15) is 37.9 Å². The minimum atomic E-state index is 0.260. The highest BCUT2D eigenvalue weighted by Gasteiger charge is 2.28. The Morgan fingerprint density at radius 1 is 1.42 bits per heavy atom. The Bertz CT molecular complexity index is 292. The Kier molecular flexibility index (Phi) is 1.63. The SMILES string of the molecule is CC1(C)CCCc2cncnc21. The fourth-order valence-electron chi connectivity index (χ4n) is 1.99. The molecule has 1 aliphatic carbocycles. The van der Waals surface area contributed by atoms with E-state index in [1.165, 1.54) is 24.1 Å². The first-order valence-corrected chi connectivity index (χ1v) is 4.49. The van der Waals surface area contributed by atoms with E-state index in [2.05, 4.69) is 23.8 Å². The van der Waals surface area contributed by atoms with Crippen molar-refractivity contribution in [2.75, 3.05) is 0 Å². The van der Waals surface area contributed by atoms with Crippen LogP contribution in [0.5, 0.6) is 0 Å². The van der Waals surface area contributed by atoms with Crippen LogP contribution in [0.4, 0.5) is 0 Å². The molecule has 0 unspecified atom stereocenters. The molecule has 0 amide bonds. The van der Waals surface area contributed by atoms with E-state index in [1.807, 2.05) is 6.20 Å². The molecule has 2 nitrogen and oxygen atoms in total. The molecule has 2 heteroatoms. The van der Waals surface area contributed by atoms with Gasteiger partial charge < -0.3 is 0 Å². The summed E-state index contributed by atoms with van der Waals surface area (Å²) in [4.78, 5) is 8.41. The minimum absolute atomic E-state index is 0.260. The van der Waals surface area contributed by atoms with Crippen molar-refractivity contribution >= 4 is 0 Å². The first kappa shape index (κ1) is 7.71. The molecule has 0 saturated heterocycles. The van der Waals surface area contributed by atoms with E-state index in [-0.39, 0.29) is 5.41 Å². The molecule has 0 radical (unpaired) electrons. The lowest BCUT2D eigenvalue weighted by Crippen LogP contribution is -2.25. The Morgan fingerprint density at radius 3 is 3.00 bits per heavy atom. The van der Waals surface area contributed by atoms with E-state index >= 15 is 0 Å². The van der Waals surface area contributed by atoms with Gasteiger partial charge >= 0.3 is 0 Å². The molecule has 12 heavy (non-hydrogen) atoms. The normalized spacial score (nSPS) is 20.2. The van der Waals surface area contributed by atoms with Gasteiger partial charge in [0.25, 0.3) is 0 Å². The third-order valence-electron chi connectivity index (χ3n) is 2.68. The van der Waals surface area contributed by atoms with E-state index in [9.17, 15) is 0 Å². The second kappa shape index (κ2) is 2.54. The molecule has 64 valence electrons. The third-order valence-corrected chi connectivity index (χ3v) is 2.68. The Balaban J connectivity index is 2.52. The second-order valence-corrected chi connectivity index (χ2v) is 4.13. The van der Waals surface area contributed by atoms with Crippen LogP contribution in [0.15, 0.2) is 12.5 Å². The fraction of sp³-hybridized carbons (Fsp3) is 0.600. The molecule has 0 fully saturated rings. The van der Waals surface area contributed by atoms with Gasteiger partial charge in [-0.1, -0.05) is 13.8 Å². The first-order chi connectivity index (χ1) is 5.70. The monoisotopic (exact) mass is 162 g/mol. The molecule has 0 aliphatic heterocycles. The lowest BCUT2D eigenvalue weighted by Gasteiger charge is -2.30. The summed E-state index contributed by atoms with van der Waals surface area (Å²) >= 11 is 0. The molecule has 1 heterocycles. The average Bonchev–Trinajstić information content (AvgIpc) is 2.04. The highest BCUT2D eigenvalue weighted by atomic mass is 14.8. The van der Waals surface area contributed by atoms with Crippen molar-refractivity contribution in [2.24, 2.45) is 0 Å². The molecule has 0 N–H and O–H groups in total. The average molecular weight is 162 g/mol. The highest BCUT2D eigenvalue weighted by molar-refractivity contribution is 5.26. The molecule has 0 atom stereocenters. The van der Waals surface area contributed by atoms with E-state index in [1.54, 1.807) is 6.33 Å². The summed E-state index contributed by atoms with van der Waals surface area (Å²) in [6.45, 7) is 4.52. The molecule has 2 rings (SSSR count). The van der Waals surface area contributed by atoms with E-state index in [4.69, 9.17) is 0 Å². The number of rotatable bonds is 0. The van der Waals surface area contributed by atoms with E-state index < -0.39 is 0 Å². The van der Waals surface area contributed by atoms with Gasteiger partial charge in [-0.25, -0.2) is 9.97 Å². The Morgan fingerprint density at radius 2 is 2.25 bits per heavy atom. The van der Waals surface area contributed by atoms with Crippen molar-refractivity contribution in [1.29, 1.82) is 0 Å². The van der Waals surface area contributed by atoms with Gasteiger partial charge in [-0.2, -0.15) is 0 Å². The molecule has 0 aromatic carbocycles. The van der Waals surface area contributed by atoms with Gasteiger partial charge in [-0.15, -0.1) is 0 Å². The van der Waals surface area contributed by atoms with Gasteiger partial charge in [0.15, 0.2) is 0 Å². The summed E-state index contributed by atoms with van der Waals surface area (Å²) in [6.07, 6.45) is 7.29. The van der Waals surface area contributed by atoms with Gasteiger partial charge in [0.05, 0.1) is 5.69 Å². The van der Waals surface area contributed by atoms with Crippen molar-refractivity contribution in [3.63, 3.8) is 0 Å². The number of hydrogen-bond donors (Lipinski definition) is 0. The Hall–Kier alpha value is -0.920. The fourth-order valence-corrected chi connectivity index (χ4v) is 1.99. The maximum Gasteiger partial charge on any atom is 0.115 e. The number of hydrogen-bond acceptors (Lipinski definition) is 2. The molecule has 0 saturated carbocycles. The van der Waals surface area contributed by atoms with Crippen LogP contribution in [0.3, 0.4) is 0 Å². The van der Waals surface area contributed by atoms with Crippen LogP contribution in [-0.2, 0) is 11.8 Å². The predicted octanol–water partition coefficient (Wildman–Crippen LogP) is 2.09. The second-order valence-electron chi connectivity index (χ2n) is 4.13. The van der Waals surface area contributed by atoms with Crippen LogP contribution < -0.4 is 0 Å². The molecular formula is C10H14N2. The quantitative estimate of drug-likeness (QED) is 0.583. The van der Waals surface area contributed by atoms with Crippen molar-refractivity contribution < 1.29 is 0 Å². The predicted molar refractivity (Wildman–Crippen MR) is 48.0 cm³/mol. The summed E-state index contributed by atoms with van der Waals surface area (Å²) in [7, 11) is 0. The van der Waals surface area contributed by atoms with Crippen LogP contribution in [0, 0.1) is 0 Å². The maximum atomic E-state index is 4.36. The maximum absolute atomic E-state index is 4.36. The van der Waals surface area contributed by atoms with Crippen LogP contribution in [0.2, 0.25) is 0 Å². The molecule has 1 aromatic rings. The zero-order chi connectivity index (χ0) is 8.60. The largest absolute Gasteiger partial charge is 0.245 e. The van der Waals surface area contributed by atoms with Crippen molar-refractivity contribution in [3.05, 3.63) is 23.8 Å². The van der Waals surface area contributed by atoms with Gasteiger partial charge in [0.2, 0.25) is 0 Å². The Labute approximate surface area is 73.1 Å². The van der Waals surface area contributed by atoms with Crippen LogP contribution in [0.25, 0.3) is 0 Å². The topological polar surface area (TPSA) is 25.8 Å².